The SMILES string of the molecule is CCCCC(OC)/C(C)=C/CC/C(C)=C/COPP. The van der Waals surface area contributed by atoms with E-state index in [4.69, 9.17) is 9.26 Å². The van der Waals surface area contributed by atoms with Crippen molar-refractivity contribution in [1.82, 2.24) is 0 Å². The van der Waals surface area contributed by atoms with Gasteiger partial charge in [0.25, 0.3) is 0 Å². The van der Waals surface area contributed by atoms with E-state index in [9.17, 15) is 0 Å². The van der Waals surface area contributed by atoms with Crippen LogP contribution in [0.5, 0.6) is 0 Å². The molecule has 0 heterocycles. The topological polar surface area (TPSA) is 18.5 Å². The van der Waals surface area contributed by atoms with Crippen LogP contribution in [0, 0.1) is 0 Å². The van der Waals surface area contributed by atoms with Crippen LogP contribution in [0.3, 0.4) is 0 Å². The molecule has 19 heavy (non-hydrogen) atoms. The van der Waals surface area contributed by atoms with Crippen molar-refractivity contribution >= 4 is 17.4 Å². The van der Waals surface area contributed by atoms with E-state index in [-0.39, 0.29) is 0 Å². The monoisotopic (exact) mass is 304 g/mol. The first-order valence-corrected chi connectivity index (χ1v) is 9.79. The smallest absolute Gasteiger partial charge is 0.0778 e. The van der Waals surface area contributed by atoms with E-state index in [0.29, 0.717) is 14.6 Å². The second-order valence-corrected chi connectivity index (χ2v) is 6.06. The second-order valence-electron chi connectivity index (χ2n) is 4.83. The normalized spacial score (nSPS) is 15.4. The van der Waals surface area contributed by atoms with Crippen molar-refractivity contribution in [3.63, 3.8) is 0 Å². The molecule has 0 rings (SSSR count). The number of hydrogen-bond donors (Lipinski definition) is 0. The van der Waals surface area contributed by atoms with Crippen LogP contribution in [-0.2, 0) is 9.26 Å². The molecule has 0 N–H and O–H groups in total. The van der Waals surface area contributed by atoms with Gasteiger partial charge >= 0.3 is 0 Å². The molecular weight excluding hydrogens is 274 g/mol. The first-order valence-electron chi connectivity index (χ1n) is 7.08. The van der Waals surface area contributed by atoms with Gasteiger partial charge in [-0.05, 0) is 38.7 Å². The van der Waals surface area contributed by atoms with Gasteiger partial charge in [-0.3, -0.25) is 0 Å². The number of ether oxygens (including phenoxy) is 1. The Hall–Kier alpha value is 0.260. The molecular formula is C15H30O2P2. The van der Waals surface area contributed by atoms with Gasteiger partial charge in [-0.2, -0.15) is 0 Å². The minimum absolute atomic E-state index is 0.297. The number of rotatable bonds is 11. The highest BCUT2D eigenvalue weighted by molar-refractivity contribution is 8.00. The number of allylic oxidation sites excluding steroid dienone is 2. The highest BCUT2D eigenvalue weighted by atomic mass is 32.0. The summed E-state index contributed by atoms with van der Waals surface area (Å²) < 4.78 is 10.9. The highest BCUT2D eigenvalue weighted by Gasteiger charge is 2.07. The predicted molar refractivity (Wildman–Crippen MR) is 91.0 cm³/mol. The summed E-state index contributed by atoms with van der Waals surface area (Å²) in [4.78, 5) is 0. The van der Waals surface area contributed by atoms with Crippen molar-refractivity contribution in [2.75, 3.05) is 13.7 Å². The Balaban J connectivity index is 4.04. The van der Waals surface area contributed by atoms with Crippen LogP contribution in [0.15, 0.2) is 23.3 Å². The maximum Gasteiger partial charge on any atom is 0.0778 e. The number of hydrogen-bond acceptors (Lipinski definition) is 2. The zero-order valence-corrected chi connectivity index (χ0v) is 15.0. The van der Waals surface area contributed by atoms with E-state index in [1.807, 2.05) is 7.11 Å². The molecule has 0 saturated heterocycles. The summed E-state index contributed by atoms with van der Waals surface area (Å²) in [7, 11) is 4.90. The van der Waals surface area contributed by atoms with Crippen LogP contribution >= 0.6 is 17.4 Å². The lowest BCUT2D eigenvalue weighted by atomic mass is 10.0. The fourth-order valence-corrected chi connectivity index (χ4v) is 2.38. The van der Waals surface area contributed by atoms with Crippen molar-refractivity contribution in [2.45, 2.75) is 59.0 Å². The average Bonchev–Trinajstić information content (AvgIpc) is 2.40. The Morgan fingerprint density at radius 2 is 2.05 bits per heavy atom. The maximum atomic E-state index is 5.55. The summed E-state index contributed by atoms with van der Waals surface area (Å²) >= 11 is 0. The summed E-state index contributed by atoms with van der Waals surface area (Å²) in [5.41, 5.74) is 2.77. The lowest BCUT2D eigenvalue weighted by molar-refractivity contribution is 0.122. The first-order chi connectivity index (χ1) is 9.15. The van der Waals surface area contributed by atoms with Gasteiger partial charge in [-0.25, -0.2) is 0 Å². The van der Waals surface area contributed by atoms with Crippen LogP contribution in [0.2, 0.25) is 0 Å². The van der Waals surface area contributed by atoms with Gasteiger partial charge in [0.1, 0.15) is 0 Å². The van der Waals surface area contributed by atoms with Gasteiger partial charge in [0.2, 0.25) is 0 Å². The molecule has 0 spiro atoms. The van der Waals surface area contributed by atoms with E-state index in [1.165, 1.54) is 24.0 Å². The average molecular weight is 304 g/mol. The molecule has 0 fully saturated rings. The number of methoxy groups -OCH3 is 1. The first kappa shape index (κ1) is 19.3. The van der Waals surface area contributed by atoms with Gasteiger partial charge < -0.3 is 9.26 Å². The molecule has 0 amide bonds. The minimum Gasteiger partial charge on any atom is -0.377 e. The zero-order valence-electron chi connectivity index (χ0n) is 12.9. The molecule has 0 aliphatic heterocycles. The van der Waals surface area contributed by atoms with Crippen molar-refractivity contribution in [3.8, 4) is 0 Å². The van der Waals surface area contributed by atoms with Gasteiger partial charge in [-0.1, -0.05) is 46.4 Å². The highest BCUT2D eigenvalue weighted by Crippen LogP contribution is 2.21. The quantitative estimate of drug-likeness (QED) is 0.294. The Kier molecular flexibility index (Phi) is 13.4. The van der Waals surface area contributed by atoms with E-state index in [2.05, 4.69) is 41.9 Å². The van der Waals surface area contributed by atoms with Crippen molar-refractivity contribution < 1.29 is 9.26 Å². The maximum absolute atomic E-state index is 5.55. The Morgan fingerprint density at radius 3 is 2.63 bits per heavy atom. The van der Waals surface area contributed by atoms with Crippen molar-refractivity contribution in [1.29, 1.82) is 0 Å². The van der Waals surface area contributed by atoms with Crippen molar-refractivity contribution in [2.24, 2.45) is 0 Å². The van der Waals surface area contributed by atoms with Gasteiger partial charge in [0.15, 0.2) is 0 Å². The third-order valence-electron chi connectivity index (χ3n) is 3.22. The lowest BCUT2D eigenvalue weighted by Crippen LogP contribution is -2.11. The molecule has 0 aromatic carbocycles. The molecule has 3 atom stereocenters. The molecule has 4 heteroatoms. The van der Waals surface area contributed by atoms with Crippen LogP contribution in [0.1, 0.15) is 52.9 Å². The second kappa shape index (κ2) is 13.3. The third kappa shape index (κ3) is 10.7. The van der Waals surface area contributed by atoms with Gasteiger partial charge in [-0.15, -0.1) is 0 Å². The molecule has 0 aromatic heterocycles. The number of unbranched alkanes of at least 4 members (excludes halogenated alkanes) is 1. The fourth-order valence-electron chi connectivity index (χ4n) is 1.91. The Morgan fingerprint density at radius 1 is 1.32 bits per heavy atom. The third-order valence-corrected chi connectivity index (χ3v) is 4.05. The summed E-state index contributed by atoms with van der Waals surface area (Å²) in [6.07, 6.45) is 10.6. The Labute approximate surface area is 123 Å². The van der Waals surface area contributed by atoms with Crippen molar-refractivity contribution in [3.05, 3.63) is 23.3 Å². The summed E-state index contributed by atoms with van der Waals surface area (Å²) in [5.74, 6) is 0. The summed E-state index contributed by atoms with van der Waals surface area (Å²) in [6, 6.07) is 0. The van der Waals surface area contributed by atoms with E-state index >= 15 is 0 Å². The van der Waals surface area contributed by atoms with E-state index in [1.54, 1.807) is 0 Å². The van der Waals surface area contributed by atoms with Gasteiger partial charge in [0, 0.05) is 15.6 Å². The van der Waals surface area contributed by atoms with Crippen LogP contribution < -0.4 is 0 Å². The van der Waals surface area contributed by atoms with Crippen LogP contribution in [0.4, 0.5) is 0 Å². The molecule has 0 saturated carbocycles. The summed E-state index contributed by atoms with van der Waals surface area (Å²) in [5, 5.41) is 0. The Bertz CT molecular complexity index is 275. The molecule has 0 bridgehead atoms. The largest absolute Gasteiger partial charge is 0.377 e. The molecule has 2 nitrogen and oxygen atoms in total. The zero-order chi connectivity index (χ0) is 14.5. The minimum atomic E-state index is 0.297. The van der Waals surface area contributed by atoms with Gasteiger partial charge in [0.05, 0.1) is 12.7 Å². The van der Waals surface area contributed by atoms with E-state index in [0.717, 1.165) is 25.9 Å². The van der Waals surface area contributed by atoms with Crippen LogP contribution in [-0.4, -0.2) is 19.8 Å². The molecule has 0 aromatic rings. The standard InChI is InChI=1S/C15H30O2P2/c1-5-6-10-15(16-4)14(3)9-7-8-13(2)11-12-17-19-18/h9,11,15,19H,5-8,10,12,18H2,1-4H3/b13-11+,14-9+. The fraction of sp³-hybridized carbons (Fsp3) is 0.733. The molecule has 112 valence electrons. The van der Waals surface area contributed by atoms with Crippen LogP contribution in [0.25, 0.3) is 0 Å². The lowest BCUT2D eigenvalue weighted by Gasteiger charge is -2.15. The molecule has 3 unspecified atom stereocenters. The summed E-state index contributed by atoms with van der Waals surface area (Å²) in [6.45, 7) is 7.30. The molecule has 0 radical (unpaired) electrons. The molecule has 0 aliphatic carbocycles. The molecule has 0 aliphatic rings. The van der Waals surface area contributed by atoms with E-state index < -0.39 is 0 Å². The predicted octanol–water partition coefficient (Wildman–Crippen LogP) is 5.26.